The normalized spacial score (nSPS) is 37.8. The second kappa shape index (κ2) is 4.36. The molecular weight excluding hydrogens is 200 g/mol. The SMILES string of the molecule is CC1CC1CNC(=O)C1(C(C)C)CCNC1. The van der Waals surface area contributed by atoms with Crippen LogP contribution >= 0.6 is 0 Å². The van der Waals surface area contributed by atoms with Crippen LogP contribution in [0.3, 0.4) is 0 Å². The third-order valence-electron chi connectivity index (χ3n) is 4.55. The minimum atomic E-state index is -0.155. The van der Waals surface area contributed by atoms with Crippen molar-refractivity contribution in [3.8, 4) is 0 Å². The first-order chi connectivity index (χ1) is 7.56. The van der Waals surface area contributed by atoms with Gasteiger partial charge in [0.15, 0.2) is 0 Å². The maximum absolute atomic E-state index is 12.3. The zero-order valence-electron chi connectivity index (χ0n) is 10.7. The third-order valence-corrected chi connectivity index (χ3v) is 4.55. The molecule has 2 N–H and O–H groups in total. The van der Waals surface area contributed by atoms with Gasteiger partial charge in [-0.15, -0.1) is 0 Å². The van der Waals surface area contributed by atoms with Gasteiger partial charge in [-0.3, -0.25) is 4.79 Å². The molecule has 3 nitrogen and oxygen atoms in total. The average molecular weight is 224 g/mol. The number of nitrogens with one attached hydrogen (secondary N) is 2. The summed E-state index contributed by atoms with van der Waals surface area (Å²) in [5, 5.41) is 6.49. The maximum atomic E-state index is 12.3. The van der Waals surface area contributed by atoms with E-state index in [-0.39, 0.29) is 11.3 Å². The Bertz CT molecular complexity index is 269. The summed E-state index contributed by atoms with van der Waals surface area (Å²) in [4.78, 5) is 12.3. The molecule has 0 aromatic rings. The summed E-state index contributed by atoms with van der Waals surface area (Å²) in [6.07, 6.45) is 2.27. The van der Waals surface area contributed by atoms with Crippen molar-refractivity contribution in [2.45, 2.75) is 33.6 Å². The van der Waals surface area contributed by atoms with E-state index in [0.29, 0.717) is 5.92 Å². The second-order valence-electron chi connectivity index (χ2n) is 5.92. The summed E-state index contributed by atoms with van der Waals surface area (Å²) in [7, 11) is 0. The van der Waals surface area contributed by atoms with Gasteiger partial charge in [-0.05, 0) is 37.1 Å². The lowest BCUT2D eigenvalue weighted by molar-refractivity contribution is -0.132. The zero-order valence-corrected chi connectivity index (χ0v) is 10.7. The van der Waals surface area contributed by atoms with Gasteiger partial charge < -0.3 is 10.6 Å². The summed E-state index contributed by atoms with van der Waals surface area (Å²) in [6.45, 7) is 9.28. The van der Waals surface area contributed by atoms with Gasteiger partial charge in [0.25, 0.3) is 0 Å². The van der Waals surface area contributed by atoms with E-state index in [1.165, 1.54) is 6.42 Å². The molecule has 0 bridgehead atoms. The van der Waals surface area contributed by atoms with E-state index in [9.17, 15) is 4.79 Å². The average Bonchev–Trinajstić information content (AvgIpc) is 2.78. The van der Waals surface area contributed by atoms with Gasteiger partial charge in [0.1, 0.15) is 0 Å². The van der Waals surface area contributed by atoms with Crippen LogP contribution in [0.1, 0.15) is 33.6 Å². The van der Waals surface area contributed by atoms with Gasteiger partial charge >= 0.3 is 0 Å². The minimum absolute atomic E-state index is 0.155. The van der Waals surface area contributed by atoms with E-state index in [1.54, 1.807) is 0 Å². The number of rotatable bonds is 4. The van der Waals surface area contributed by atoms with E-state index >= 15 is 0 Å². The largest absolute Gasteiger partial charge is 0.355 e. The van der Waals surface area contributed by atoms with Gasteiger partial charge in [0.2, 0.25) is 5.91 Å². The van der Waals surface area contributed by atoms with Gasteiger partial charge in [-0.25, -0.2) is 0 Å². The molecule has 2 rings (SSSR count). The second-order valence-corrected chi connectivity index (χ2v) is 5.92. The Labute approximate surface area is 98.4 Å². The first kappa shape index (κ1) is 11.9. The van der Waals surface area contributed by atoms with Crippen molar-refractivity contribution in [1.29, 1.82) is 0 Å². The number of hydrogen-bond acceptors (Lipinski definition) is 2. The molecule has 0 aromatic carbocycles. The lowest BCUT2D eigenvalue weighted by Gasteiger charge is -2.31. The third kappa shape index (κ3) is 2.10. The molecule has 16 heavy (non-hydrogen) atoms. The van der Waals surface area contributed by atoms with Crippen molar-refractivity contribution >= 4 is 5.91 Å². The number of carbonyl (C=O) groups is 1. The highest BCUT2D eigenvalue weighted by molar-refractivity contribution is 5.83. The number of carbonyl (C=O) groups excluding carboxylic acids is 1. The lowest BCUT2D eigenvalue weighted by atomic mass is 9.75. The molecule has 3 atom stereocenters. The standard InChI is InChI=1S/C13H24N2O/c1-9(2)13(4-5-14-8-13)12(16)15-7-11-6-10(11)3/h9-11,14H,4-8H2,1-3H3,(H,15,16). The Morgan fingerprint density at radius 3 is 2.69 bits per heavy atom. The Kier molecular flexibility index (Phi) is 3.24. The van der Waals surface area contributed by atoms with Crippen molar-refractivity contribution in [3.05, 3.63) is 0 Å². The summed E-state index contributed by atoms with van der Waals surface area (Å²) < 4.78 is 0. The van der Waals surface area contributed by atoms with Gasteiger partial charge in [-0.2, -0.15) is 0 Å². The van der Waals surface area contributed by atoms with Gasteiger partial charge in [0.05, 0.1) is 5.41 Å². The Balaban J connectivity index is 1.90. The molecule has 0 aromatic heterocycles. The molecule has 0 radical (unpaired) electrons. The van der Waals surface area contributed by atoms with Crippen LogP contribution in [-0.2, 0) is 4.79 Å². The quantitative estimate of drug-likeness (QED) is 0.758. The highest BCUT2D eigenvalue weighted by atomic mass is 16.2. The molecule has 0 spiro atoms. The smallest absolute Gasteiger partial charge is 0.227 e. The fourth-order valence-corrected chi connectivity index (χ4v) is 2.74. The van der Waals surface area contributed by atoms with Gasteiger partial charge in [-0.1, -0.05) is 20.8 Å². The molecule has 1 saturated carbocycles. The van der Waals surface area contributed by atoms with Crippen LogP contribution in [0.15, 0.2) is 0 Å². The molecule has 2 fully saturated rings. The van der Waals surface area contributed by atoms with E-state index in [1.807, 2.05) is 0 Å². The fourth-order valence-electron chi connectivity index (χ4n) is 2.74. The molecule has 1 aliphatic carbocycles. The molecule has 92 valence electrons. The zero-order chi connectivity index (χ0) is 11.8. The van der Waals surface area contributed by atoms with Crippen molar-refractivity contribution in [3.63, 3.8) is 0 Å². The molecule has 3 unspecified atom stereocenters. The Morgan fingerprint density at radius 1 is 1.56 bits per heavy atom. The molecule has 2 aliphatic rings. The Morgan fingerprint density at radius 2 is 2.25 bits per heavy atom. The molecule has 1 saturated heterocycles. The van der Waals surface area contributed by atoms with Crippen LogP contribution in [0.4, 0.5) is 0 Å². The fraction of sp³-hybridized carbons (Fsp3) is 0.923. The predicted molar refractivity (Wildman–Crippen MR) is 65.0 cm³/mol. The van der Waals surface area contributed by atoms with Crippen LogP contribution in [-0.4, -0.2) is 25.5 Å². The van der Waals surface area contributed by atoms with E-state index < -0.39 is 0 Å². The summed E-state index contributed by atoms with van der Waals surface area (Å²) in [5.74, 6) is 2.24. The number of hydrogen-bond donors (Lipinski definition) is 2. The molecule has 1 heterocycles. The summed E-state index contributed by atoms with van der Waals surface area (Å²) in [6, 6.07) is 0. The molecule has 1 amide bonds. The van der Waals surface area contributed by atoms with E-state index in [4.69, 9.17) is 0 Å². The molecular formula is C13H24N2O. The highest BCUT2D eigenvalue weighted by Crippen LogP contribution is 2.38. The van der Waals surface area contributed by atoms with E-state index in [0.717, 1.165) is 37.9 Å². The Hall–Kier alpha value is -0.570. The lowest BCUT2D eigenvalue weighted by Crippen LogP contribution is -2.46. The van der Waals surface area contributed by atoms with Crippen molar-refractivity contribution in [2.75, 3.05) is 19.6 Å². The van der Waals surface area contributed by atoms with Crippen LogP contribution in [0.25, 0.3) is 0 Å². The molecule has 3 heteroatoms. The maximum Gasteiger partial charge on any atom is 0.227 e. The topological polar surface area (TPSA) is 41.1 Å². The molecule has 1 aliphatic heterocycles. The van der Waals surface area contributed by atoms with Crippen molar-refractivity contribution in [1.82, 2.24) is 10.6 Å². The van der Waals surface area contributed by atoms with Crippen LogP contribution in [0.5, 0.6) is 0 Å². The first-order valence-corrected chi connectivity index (χ1v) is 6.55. The summed E-state index contributed by atoms with van der Waals surface area (Å²) >= 11 is 0. The van der Waals surface area contributed by atoms with Crippen LogP contribution in [0, 0.1) is 23.2 Å². The van der Waals surface area contributed by atoms with Crippen molar-refractivity contribution < 1.29 is 4.79 Å². The van der Waals surface area contributed by atoms with Crippen LogP contribution < -0.4 is 10.6 Å². The number of amides is 1. The van der Waals surface area contributed by atoms with Crippen LogP contribution in [0.2, 0.25) is 0 Å². The van der Waals surface area contributed by atoms with E-state index in [2.05, 4.69) is 31.4 Å². The first-order valence-electron chi connectivity index (χ1n) is 6.55. The highest BCUT2D eigenvalue weighted by Gasteiger charge is 2.44. The van der Waals surface area contributed by atoms with Crippen molar-refractivity contribution in [2.24, 2.45) is 23.2 Å². The van der Waals surface area contributed by atoms with Gasteiger partial charge in [0, 0.05) is 13.1 Å². The monoisotopic (exact) mass is 224 g/mol. The summed E-state index contributed by atoms with van der Waals surface area (Å²) in [5.41, 5.74) is -0.155. The predicted octanol–water partition coefficient (Wildman–Crippen LogP) is 1.39. The minimum Gasteiger partial charge on any atom is -0.355 e.